The van der Waals surface area contributed by atoms with Crippen LogP contribution in [0.25, 0.3) is 0 Å². The Morgan fingerprint density at radius 1 is 1.36 bits per heavy atom. The molecule has 0 radical (unpaired) electrons. The van der Waals surface area contributed by atoms with Crippen LogP contribution in [-0.2, 0) is 4.79 Å². The number of nitrogens with two attached hydrogens (primary N) is 2. The molecule has 0 fully saturated rings. The highest BCUT2D eigenvalue weighted by atomic mass is 16.1. The van der Waals surface area contributed by atoms with Crippen LogP contribution < -0.4 is 16.8 Å². The van der Waals surface area contributed by atoms with Gasteiger partial charge in [0.2, 0.25) is 5.91 Å². The quantitative estimate of drug-likeness (QED) is 0.525. The van der Waals surface area contributed by atoms with Gasteiger partial charge in [0, 0.05) is 19.0 Å². The smallest absolute Gasteiger partial charge is 0.219 e. The standard InChI is InChI=1S/C10H23N3O/c1-3-8(4-2)7-13-9(6-11)5-10(12)14/h8-9,13H,3-7,11H2,1-2H3,(H2,12,14). The molecule has 1 atom stereocenters. The van der Waals surface area contributed by atoms with Gasteiger partial charge < -0.3 is 16.8 Å². The van der Waals surface area contributed by atoms with Gasteiger partial charge in [0.25, 0.3) is 0 Å². The van der Waals surface area contributed by atoms with Crippen LogP contribution in [-0.4, -0.2) is 25.0 Å². The number of carbonyl (C=O) groups excluding carboxylic acids is 1. The third kappa shape index (κ3) is 5.94. The van der Waals surface area contributed by atoms with Gasteiger partial charge >= 0.3 is 0 Å². The SMILES string of the molecule is CCC(CC)CNC(CN)CC(N)=O. The summed E-state index contributed by atoms with van der Waals surface area (Å²) in [5.74, 6) is 0.370. The van der Waals surface area contributed by atoms with Crippen molar-refractivity contribution >= 4 is 5.91 Å². The molecule has 0 aromatic carbocycles. The lowest BCUT2D eigenvalue weighted by molar-refractivity contribution is -0.118. The zero-order valence-corrected chi connectivity index (χ0v) is 9.25. The van der Waals surface area contributed by atoms with Crippen molar-refractivity contribution < 1.29 is 4.79 Å². The molecule has 4 nitrogen and oxygen atoms in total. The predicted molar refractivity (Wildman–Crippen MR) is 58.7 cm³/mol. The molecule has 0 aliphatic heterocycles. The summed E-state index contributed by atoms with van der Waals surface area (Å²) >= 11 is 0. The largest absolute Gasteiger partial charge is 0.370 e. The first-order valence-corrected chi connectivity index (χ1v) is 5.35. The highest BCUT2D eigenvalue weighted by Gasteiger charge is 2.11. The van der Waals surface area contributed by atoms with Crippen LogP contribution in [0.4, 0.5) is 0 Å². The highest BCUT2D eigenvalue weighted by molar-refractivity contribution is 5.74. The van der Waals surface area contributed by atoms with E-state index in [4.69, 9.17) is 11.5 Å². The van der Waals surface area contributed by atoms with Gasteiger partial charge in [-0.2, -0.15) is 0 Å². The molecule has 84 valence electrons. The van der Waals surface area contributed by atoms with Crippen LogP contribution >= 0.6 is 0 Å². The summed E-state index contributed by atoms with van der Waals surface area (Å²) in [4.78, 5) is 10.7. The molecule has 0 saturated heterocycles. The minimum Gasteiger partial charge on any atom is -0.370 e. The monoisotopic (exact) mass is 201 g/mol. The molecule has 0 spiro atoms. The molecule has 1 unspecified atom stereocenters. The predicted octanol–water partition coefficient (Wildman–Crippen LogP) is 0.215. The van der Waals surface area contributed by atoms with Crippen molar-refractivity contribution in [2.45, 2.75) is 39.2 Å². The Morgan fingerprint density at radius 3 is 2.29 bits per heavy atom. The fourth-order valence-electron chi connectivity index (χ4n) is 1.39. The Bertz CT molecular complexity index is 157. The first kappa shape index (κ1) is 13.4. The number of amides is 1. The zero-order valence-electron chi connectivity index (χ0n) is 9.25. The van der Waals surface area contributed by atoms with Gasteiger partial charge in [-0.25, -0.2) is 0 Å². The van der Waals surface area contributed by atoms with Crippen molar-refractivity contribution in [3.63, 3.8) is 0 Å². The summed E-state index contributed by atoms with van der Waals surface area (Å²) in [7, 11) is 0. The average Bonchev–Trinajstić information content (AvgIpc) is 2.17. The van der Waals surface area contributed by atoms with Gasteiger partial charge in [-0.05, 0) is 12.5 Å². The third-order valence-electron chi connectivity index (χ3n) is 2.58. The molecule has 0 rings (SSSR count). The topological polar surface area (TPSA) is 81.1 Å². The first-order valence-electron chi connectivity index (χ1n) is 5.35. The zero-order chi connectivity index (χ0) is 11.0. The lowest BCUT2D eigenvalue weighted by Crippen LogP contribution is -2.41. The maximum absolute atomic E-state index is 10.7. The maximum Gasteiger partial charge on any atom is 0.219 e. The van der Waals surface area contributed by atoms with Crippen LogP contribution in [0, 0.1) is 5.92 Å². The van der Waals surface area contributed by atoms with Gasteiger partial charge in [-0.1, -0.05) is 26.7 Å². The van der Waals surface area contributed by atoms with E-state index in [0.29, 0.717) is 18.9 Å². The molecule has 14 heavy (non-hydrogen) atoms. The van der Waals surface area contributed by atoms with Crippen molar-refractivity contribution in [1.29, 1.82) is 0 Å². The number of hydrogen-bond acceptors (Lipinski definition) is 3. The van der Waals surface area contributed by atoms with E-state index in [-0.39, 0.29) is 11.9 Å². The third-order valence-corrected chi connectivity index (χ3v) is 2.58. The second kappa shape index (κ2) is 7.76. The molecule has 0 heterocycles. The second-order valence-corrected chi connectivity index (χ2v) is 3.69. The van der Waals surface area contributed by atoms with Gasteiger partial charge in [0.1, 0.15) is 0 Å². The van der Waals surface area contributed by atoms with E-state index >= 15 is 0 Å². The summed E-state index contributed by atoms with van der Waals surface area (Å²) in [5, 5.41) is 3.28. The number of nitrogens with one attached hydrogen (secondary N) is 1. The fraction of sp³-hybridized carbons (Fsp3) is 0.900. The molecule has 5 N–H and O–H groups in total. The van der Waals surface area contributed by atoms with E-state index in [1.807, 2.05) is 0 Å². The highest BCUT2D eigenvalue weighted by Crippen LogP contribution is 2.05. The summed E-state index contributed by atoms with van der Waals surface area (Å²) in [6.45, 7) is 5.72. The normalized spacial score (nSPS) is 13.1. The van der Waals surface area contributed by atoms with Crippen LogP contribution in [0.1, 0.15) is 33.1 Å². The van der Waals surface area contributed by atoms with E-state index in [9.17, 15) is 4.79 Å². The van der Waals surface area contributed by atoms with E-state index in [2.05, 4.69) is 19.2 Å². The van der Waals surface area contributed by atoms with Crippen LogP contribution in [0.2, 0.25) is 0 Å². The number of rotatable bonds is 8. The maximum atomic E-state index is 10.7. The first-order chi connectivity index (χ1) is 6.63. The average molecular weight is 201 g/mol. The molecule has 0 saturated carbocycles. The van der Waals surface area contributed by atoms with E-state index < -0.39 is 0 Å². The van der Waals surface area contributed by atoms with Gasteiger partial charge in [-0.15, -0.1) is 0 Å². The van der Waals surface area contributed by atoms with Crippen LogP contribution in [0.15, 0.2) is 0 Å². The van der Waals surface area contributed by atoms with Crippen LogP contribution in [0.5, 0.6) is 0 Å². The summed E-state index contributed by atoms with van der Waals surface area (Å²) < 4.78 is 0. The Balaban J connectivity index is 3.76. The van der Waals surface area contributed by atoms with Gasteiger partial charge in [0.15, 0.2) is 0 Å². The van der Waals surface area contributed by atoms with E-state index in [1.165, 1.54) is 0 Å². The Kier molecular flexibility index (Phi) is 7.42. The summed E-state index contributed by atoms with van der Waals surface area (Å²) in [6.07, 6.45) is 2.63. The number of primary amides is 1. The van der Waals surface area contributed by atoms with Crippen molar-refractivity contribution in [2.75, 3.05) is 13.1 Å². The fourth-order valence-corrected chi connectivity index (χ4v) is 1.39. The molecule has 0 aliphatic carbocycles. The second-order valence-electron chi connectivity index (χ2n) is 3.69. The Morgan fingerprint density at radius 2 is 1.93 bits per heavy atom. The minimum absolute atomic E-state index is 0.0353. The molecule has 0 aromatic rings. The molecular weight excluding hydrogens is 178 g/mol. The Labute approximate surface area is 86.4 Å². The molecule has 0 aliphatic rings. The number of carbonyl (C=O) groups is 1. The van der Waals surface area contributed by atoms with E-state index in [0.717, 1.165) is 19.4 Å². The Hall–Kier alpha value is -0.610. The van der Waals surface area contributed by atoms with E-state index in [1.54, 1.807) is 0 Å². The molecule has 4 heteroatoms. The van der Waals surface area contributed by atoms with Crippen molar-refractivity contribution in [1.82, 2.24) is 5.32 Å². The van der Waals surface area contributed by atoms with Crippen molar-refractivity contribution in [3.8, 4) is 0 Å². The minimum atomic E-state index is -0.294. The van der Waals surface area contributed by atoms with Crippen LogP contribution in [0.3, 0.4) is 0 Å². The molecule has 0 bridgehead atoms. The van der Waals surface area contributed by atoms with Crippen molar-refractivity contribution in [2.24, 2.45) is 17.4 Å². The van der Waals surface area contributed by atoms with Crippen molar-refractivity contribution in [3.05, 3.63) is 0 Å². The van der Waals surface area contributed by atoms with Gasteiger partial charge in [0.05, 0.1) is 0 Å². The lowest BCUT2D eigenvalue weighted by Gasteiger charge is -2.19. The lowest BCUT2D eigenvalue weighted by atomic mass is 10.0. The summed E-state index contributed by atoms with van der Waals surface area (Å²) in [6, 6.07) is 0.0353. The summed E-state index contributed by atoms with van der Waals surface area (Å²) in [5.41, 5.74) is 10.6. The molecular formula is C10H23N3O. The molecule has 0 aromatic heterocycles. The van der Waals surface area contributed by atoms with Gasteiger partial charge in [-0.3, -0.25) is 4.79 Å². The number of hydrogen-bond donors (Lipinski definition) is 3. The molecule has 1 amide bonds.